The summed E-state index contributed by atoms with van der Waals surface area (Å²) in [6.45, 7) is 3.90. The first-order valence-corrected chi connectivity index (χ1v) is 8.51. The van der Waals surface area contributed by atoms with Crippen LogP contribution in [0.25, 0.3) is 0 Å². The predicted octanol–water partition coefficient (Wildman–Crippen LogP) is 3.19. The van der Waals surface area contributed by atoms with Crippen molar-refractivity contribution >= 4 is 5.91 Å². The van der Waals surface area contributed by atoms with Gasteiger partial charge < -0.3 is 9.64 Å². The maximum Gasteiger partial charge on any atom is 0.253 e. The number of piperidine rings is 1. The summed E-state index contributed by atoms with van der Waals surface area (Å²) in [6.07, 6.45) is 1.99. The van der Waals surface area contributed by atoms with Crippen molar-refractivity contribution in [3.05, 3.63) is 59.3 Å². The third-order valence-electron chi connectivity index (χ3n) is 4.37. The van der Waals surface area contributed by atoms with Crippen molar-refractivity contribution in [2.45, 2.75) is 19.8 Å². The van der Waals surface area contributed by atoms with Crippen LogP contribution in [0.2, 0.25) is 0 Å². The van der Waals surface area contributed by atoms with Gasteiger partial charge in [0.15, 0.2) is 0 Å². The van der Waals surface area contributed by atoms with Gasteiger partial charge in [0.1, 0.15) is 0 Å². The minimum atomic E-state index is -0.0181. The van der Waals surface area contributed by atoms with Crippen LogP contribution in [0, 0.1) is 24.2 Å². The van der Waals surface area contributed by atoms with E-state index in [1.54, 1.807) is 24.3 Å². The number of amides is 1. The summed E-state index contributed by atoms with van der Waals surface area (Å²) in [4.78, 5) is 18.9. The van der Waals surface area contributed by atoms with E-state index >= 15 is 0 Å². The van der Waals surface area contributed by atoms with Crippen molar-refractivity contribution in [1.29, 1.82) is 5.26 Å². The quantitative estimate of drug-likeness (QED) is 0.860. The van der Waals surface area contributed by atoms with Gasteiger partial charge in [-0.3, -0.25) is 4.79 Å². The van der Waals surface area contributed by atoms with Gasteiger partial charge in [-0.25, -0.2) is 4.98 Å². The first kappa shape index (κ1) is 17.0. The zero-order valence-corrected chi connectivity index (χ0v) is 14.3. The van der Waals surface area contributed by atoms with Gasteiger partial charge in [0, 0.05) is 36.3 Å². The van der Waals surface area contributed by atoms with Crippen LogP contribution >= 0.6 is 0 Å². The topological polar surface area (TPSA) is 66.2 Å². The Morgan fingerprint density at radius 1 is 1.36 bits per heavy atom. The largest absolute Gasteiger partial charge is 0.477 e. The number of aromatic nitrogens is 1. The molecule has 1 saturated heterocycles. The monoisotopic (exact) mass is 335 g/mol. The van der Waals surface area contributed by atoms with Crippen LogP contribution in [0.3, 0.4) is 0 Å². The Balaban J connectivity index is 1.60. The number of aryl methyl sites for hydroxylation is 1. The van der Waals surface area contributed by atoms with Gasteiger partial charge in [-0.1, -0.05) is 12.1 Å². The highest BCUT2D eigenvalue weighted by atomic mass is 16.5. The number of ether oxygens (including phenoxy) is 1. The van der Waals surface area contributed by atoms with Gasteiger partial charge in [0.2, 0.25) is 5.88 Å². The fourth-order valence-electron chi connectivity index (χ4n) is 3.09. The third-order valence-corrected chi connectivity index (χ3v) is 4.37. The van der Waals surface area contributed by atoms with Crippen molar-refractivity contribution in [3.8, 4) is 11.9 Å². The lowest BCUT2D eigenvalue weighted by Crippen LogP contribution is -2.41. The number of carbonyl (C=O) groups excluding carboxylic acids is 1. The SMILES string of the molecule is Cc1cccc(OCC2CCCN(C(=O)c3cccc(C#N)c3)C2)n1. The van der Waals surface area contributed by atoms with Crippen LogP contribution in [0.15, 0.2) is 42.5 Å². The average molecular weight is 335 g/mol. The number of hydrogen-bond donors (Lipinski definition) is 0. The van der Waals surface area contributed by atoms with Crippen LogP contribution in [0.1, 0.15) is 34.5 Å². The summed E-state index contributed by atoms with van der Waals surface area (Å²) in [5.41, 5.74) is 2.00. The van der Waals surface area contributed by atoms with E-state index in [1.807, 2.05) is 30.0 Å². The molecule has 1 aliphatic rings. The van der Waals surface area contributed by atoms with Crippen LogP contribution < -0.4 is 4.74 Å². The van der Waals surface area contributed by atoms with Crippen molar-refractivity contribution in [3.63, 3.8) is 0 Å². The molecule has 128 valence electrons. The van der Waals surface area contributed by atoms with E-state index in [1.165, 1.54) is 0 Å². The highest BCUT2D eigenvalue weighted by molar-refractivity contribution is 5.94. The lowest BCUT2D eigenvalue weighted by molar-refractivity contribution is 0.0631. The summed E-state index contributed by atoms with van der Waals surface area (Å²) in [5.74, 6) is 0.903. The lowest BCUT2D eigenvalue weighted by atomic mass is 9.98. The second-order valence-electron chi connectivity index (χ2n) is 6.38. The fourth-order valence-corrected chi connectivity index (χ4v) is 3.09. The van der Waals surface area contributed by atoms with E-state index in [0.717, 1.165) is 25.1 Å². The van der Waals surface area contributed by atoms with Crippen molar-refractivity contribution in [1.82, 2.24) is 9.88 Å². The second kappa shape index (κ2) is 7.80. The Morgan fingerprint density at radius 3 is 3.00 bits per heavy atom. The number of rotatable bonds is 4. The zero-order valence-electron chi connectivity index (χ0n) is 14.3. The summed E-state index contributed by atoms with van der Waals surface area (Å²) < 4.78 is 5.80. The van der Waals surface area contributed by atoms with Gasteiger partial charge in [0.05, 0.1) is 18.2 Å². The van der Waals surface area contributed by atoms with E-state index in [-0.39, 0.29) is 5.91 Å². The molecule has 0 aliphatic carbocycles. The van der Waals surface area contributed by atoms with Gasteiger partial charge in [-0.15, -0.1) is 0 Å². The number of likely N-dealkylation sites (tertiary alicyclic amines) is 1. The Labute approximate surface area is 147 Å². The highest BCUT2D eigenvalue weighted by Gasteiger charge is 2.25. The molecule has 1 aliphatic heterocycles. The Kier molecular flexibility index (Phi) is 5.30. The van der Waals surface area contributed by atoms with Crippen molar-refractivity contribution < 1.29 is 9.53 Å². The summed E-state index contributed by atoms with van der Waals surface area (Å²) in [6, 6.07) is 14.7. The normalized spacial score (nSPS) is 17.0. The molecule has 2 heterocycles. The van der Waals surface area contributed by atoms with E-state index in [4.69, 9.17) is 10.00 Å². The summed E-state index contributed by atoms with van der Waals surface area (Å²) in [7, 11) is 0. The Hall–Kier alpha value is -2.87. The molecule has 1 atom stereocenters. The Morgan fingerprint density at radius 2 is 2.20 bits per heavy atom. The number of benzene rings is 1. The molecule has 1 amide bonds. The zero-order chi connectivity index (χ0) is 17.6. The van der Waals surface area contributed by atoms with E-state index < -0.39 is 0 Å². The minimum Gasteiger partial charge on any atom is -0.477 e. The van der Waals surface area contributed by atoms with Crippen molar-refractivity contribution in [2.75, 3.05) is 19.7 Å². The number of nitrogens with zero attached hydrogens (tertiary/aromatic N) is 3. The lowest BCUT2D eigenvalue weighted by Gasteiger charge is -2.32. The van der Waals surface area contributed by atoms with E-state index in [9.17, 15) is 4.79 Å². The molecule has 0 N–H and O–H groups in total. The van der Waals surface area contributed by atoms with Gasteiger partial charge in [-0.05, 0) is 44.0 Å². The van der Waals surface area contributed by atoms with Gasteiger partial charge >= 0.3 is 0 Å². The molecule has 0 radical (unpaired) electrons. The Bertz CT molecular complexity index is 798. The molecule has 1 aromatic heterocycles. The number of pyridine rings is 1. The van der Waals surface area contributed by atoms with E-state index in [2.05, 4.69) is 11.1 Å². The molecule has 1 aromatic carbocycles. The second-order valence-corrected chi connectivity index (χ2v) is 6.38. The molecule has 3 rings (SSSR count). The molecule has 0 saturated carbocycles. The molecule has 5 nitrogen and oxygen atoms in total. The average Bonchev–Trinajstić information content (AvgIpc) is 2.66. The number of hydrogen-bond acceptors (Lipinski definition) is 4. The van der Waals surface area contributed by atoms with Gasteiger partial charge in [0.25, 0.3) is 5.91 Å². The van der Waals surface area contributed by atoms with Crippen molar-refractivity contribution in [2.24, 2.45) is 5.92 Å². The first-order chi connectivity index (χ1) is 12.2. The maximum absolute atomic E-state index is 12.7. The molecule has 2 aromatic rings. The van der Waals surface area contributed by atoms with Crippen LogP contribution in [0.5, 0.6) is 5.88 Å². The smallest absolute Gasteiger partial charge is 0.253 e. The predicted molar refractivity (Wildman–Crippen MR) is 94.3 cm³/mol. The third kappa shape index (κ3) is 4.36. The van der Waals surface area contributed by atoms with Crippen LogP contribution in [-0.4, -0.2) is 35.5 Å². The fraction of sp³-hybridized carbons (Fsp3) is 0.350. The molecule has 25 heavy (non-hydrogen) atoms. The molecule has 1 unspecified atom stereocenters. The standard InChI is InChI=1S/C20H21N3O2/c1-15-5-2-9-19(22-15)25-14-17-7-4-10-23(13-17)20(24)18-8-3-6-16(11-18)12-21/h2-3,5-6,8-9,11,17H,4,7,10,13-14H2,1H3. The summed E-state index contributed by atoms with van der Waals surface area (Å²) >= 11 is 0. The number of nitriles is 1. The number of carbonyl (C=O) groups is 1. The minimum absolute atomic E-state index is 0.0181. The molecular formula is C20H21N3O2. The molecule has 1 fully saturated rings. The summed E-state index contributed by atoms with van der Waals surface area (Å²) in [5, 5.41) is 9.00. The van der Waals surface area contributed by atoms with Crippen LogP contribution in [0.4, 0.5) is 0 Å². The van der Waals surface area contributed by atoms with E-state index in [0.29, 0.717) is 36.1 Å². The first-order valence-electron chi connectivity index (χ1n) is 8.51. The van der Waals surface area contributed by atoms with Gasteiger partial charge in [-0.2, -0.15) is 5.26 Å². The molecule has 0 spiro atoms. The maximum atomic E-state index is 12.7. The molecule has 0 bridgehead atoms. The van der Waals surface area contributed by atoms with Crippen LogP contribution in [-0.2, 0) is 0 Å². The molecular weight excluding hydrogens is 314 g/mol. The molecule has 5 heteroatoms. The highest BCUT2D eigenvalue weighted by Crippen LogP contribution is 2.20.